The first-order chi connectivity index (χ1) is 16.7. The van der Waals surface area contributed by atoms with Crippen LogP contribution < -0.4 is 15.4 Å². The van der Waals surface area contributed by atoms with Gasteiger partial charge in [0.05, 0.1) is 24.2 Å². The summed E-state index contributed by atoms with van der Waals surface area (Å²) in [6.45, 7) is 13.7. The predicted octanol–water partition coefficient (Wildman–Crippen LogP) is 3.13. The maximum absolute atomic E-state index is 12.8. The van der Waals surface area contributed by atoms with E-state index in [1.807, 2.05) is 0 Å². The summed E-state index contributed by atoms with van der Waals surface area (Å²) in [6, 6.07) is 6.85. The second-order valence-corrected chi connectivity index (χ2v) is 9.19. The Labute approximate surface area is 204 Å². The standard InChI is InChI=1S/C25H31N5O5/c1-25(2,3)35-24(33)28-11-6-14-34-17-8-9-20-19(15-17)18(10-12-27-20)23(32)29-16-22(31)30-13-5-7-21(30)26-4/h8-10,12,15,21H,5-7,11,13-14,16H2,1-3H3,(H,28,33)(H,29,32). The molecule has 2 N–H and O–H groups in total. The molecular weight excluding hydrogens is 450 g/mol. The number of alkyl carbamates (subject to hydrolysis) is 1. The minimum atomic E-state index is -0.550. The van der Waals surface area contributed by atoms with Crippen LogP contribution in [0.5, 0.6) is 5.75 Å². The summed E-state index contributed by atoms with van der Waals surface area (Å²) in [6.07, 6.45) is 2.65. The Bertz CT molecular complexity index is 1120. The minimum Gasteiger partial charge on any atom is -0.494 e. The molecule has 1 aromatic heterocycles. The van der Waals surface area contributed by atoms with Crippen molar-refractivity contribution >= 4 is 28.8 Å². The number of amides is 3. The van der Waals surface area contributed by atoms with E-state index in [-0.39, 0.29) is 12.5 Å². The van der Waals surface area contributed by atoms with Crippen LogP contribution in [-0.4, -0.2) is 65.8 Å². The molecule has 1 unspecified atom stereocenters. The van der Waals surface area contributed by atoms with E-state index in [9.17, 15) is 14.4 Å². The van der Waals surface area contributed by atoms with Gasteiger partial charge in [0.25, 0.3) is 5.91 Å². The lowest BCUT2D eigenvalue weighted by molar-refractivity contribution is -0.130. The van der Waals surface area contributed by atoms with Crippen molar-refractivity contribution in [3.63, 3.8) is 0 Å². The average molecular weight is 482 g/mol. The summed E-state index contributed by atoms with van der Waals surface area (Å²) in [5.74, 6) is -0.105. The van der Waals surface area contributed by atoms with Gasteiger partial charge in [-0.25, -0.2) is 11.4 Å². The fraction of sp³-hybridized carbons (Fsp3) is 0.480. The van der Waals surface area contributed by atoms with Crippen LogP contribution in [0.15, 0.2) is 30.5 Å². The number of carbonyl (C=O) groups is 3. The number of rotatable bonds is 8. The van der Waals surface area contributed by atoms with Gasteiger partial charge in [0, 0.05) is 31.1 Å². The van der Waals surface area contributed by atoms with Crippen LogP contribution in [0.25, 0.3) is 15.7 Å². The van der Waals surface area contributed by atoms with Gasteiger partial charge < -0.3 is 20.1 Å². The van der Waals surface area contributed by atoms with E-state index in [2.05, 4.69) is 20.5 Å². The number of hydrogen-bond donors (Lipinski definition) is 2. The van der Waals surface area contributed by atoms with Gasteiger partial charge in [-0.1, -0.05) is 0 Å². The smallest absolute Gasteiger partial charge is 0.407 e. The van der Waals surface area contributed by atoms with Crippen molar-refractivity contribution in [2.75, 3.05) is 26.2 Å². The number of likely N-dealkylation sites (tertiary alicyclic amines) is 1. The highest BCUT2D eigenvalue weighted by Crippen LogP contribution is 2.23. The highest BCUT2D eigenvalue weighted by Gasteiger charge is 2.32. The highest BCUT2D eigenvalue weighted by atomic mass is 16.6. The van der Waals surface area contributed by atoms with Crippen LogP contribution in [0.4, 0.5) is 4.79 Å². The lowest BCUT2D eigenvalue weighted by Gasteiger charge is -2.19. The first kappa shape index (κ1) is 25.7. The number of benzene rings is 1. The number of nitrogens with zero attached hydrogens (tertiary/aromatic N) is 3. The Balaban J connectivity index is 1.55. The largest absolute Gasteiger partial charge is 0.494 e. The normalized spacial score (nSPS) is 15.4. The molecule has 35 heavy (non-hydrogen) atoms. The number of fused-ring (bicyclic) bond motifs is 1. The lowest BCUT2D eigenvalue weighted by atomic mass is 10.1. The van der Waals surface area contributed by atoms with E-state index in [4.69, 9.17) is 16.0 Å². The molecule has 1 atom stereocenters. The Hall–Kier alpha value is -3.87. The molecule has 0 spiro atoms. The summed E-state index contributed by atoms with van der Waals surface area (Å²) in [7, 11) is 0. The van der Waals surface area contributed by atoms with Gasteiger partial charge in [-0.2, -0.15) is 0 Å². The van der Waals surface area contributed by atoms with Crippen molar-refractivity contribution in [2.24, 2.45) is 0 Å². The van der Waals surface area contributed by atoms with Crippen molar-refractivity contribution in [3.05, 3.63) is 47.4 Å². The molecule has 0 radical (unpaired) electrons. The topological polar surface area (TPSA) is 114 Å². The summed E-state index contributed by atoms with van der Waals surface area (Å²) in [5, 5.41) is 5.94. The molecule has 2 heterocycles. The van der Waals surface area contributed by atoms with Gasteiger partial charge in [-0.3, -0.25) is 24.3 Å². The lowest BCUT2D eigenvalue weighted by Crippen LogP contribution is -2.41. The quantitative estimate of drug-likeness (QED) is 0.442. The highest BCUT2D eigenvalue weighted by molar-refractivity contribution is 6.07. The number of hydrogen-bond acceptors (Lipinski definition) is 6. The molecule has 3 amide bonds. The molecule has 0 aliphatic carbocycles. The molecule has 3 rings (SSSR count). The average Bonchev–Trinajstić information content (AvgIpc) is 3.29. The molecular formula is C25H31N5O5. The van der Waals surface area contributed by atoms with Crippen molar-refractivity contribution < 1.29 is 23.9 Å². The Morgan fingerprint density at radius 2 is 2.03 bits per heavy atom. The molecule has 0 bridgehead atoms. The van der Waals surface area contributed by atoms with Crippen LogP contribution >= 0.6 is 0 Å². The second-order valence-electron chi connectivity index (χ2n) is 9.19. The van der Waals surface area contributed by atoms with E-state index < -0.39 is 23.8 Å². The Kier molecular flexibility index (Phi) is 8.47. The van der Waals surface area contributed by atoms with Gasteiger partial charge in [0.15, 0.2) is 0 Å². The molecule has 1 aromatic carbocycles. The van der Waals surface area contributed by atoms with E-state index in [0.29, 0.717) is 54.8 Å². The zero-order valence-electron chi connectivity index (χ0n) is 20.3. The molecule has 1 aliphatic heterocycles. The van der Waals surface area contributed by atoms with Gasteiger partial charge in [0.1, 0.15) is 11.4 Å². The van der Waals surface area contributed by atoms with E-state index >= 15 is 0 Å². The third-order valence-electron chi connectivity index (χ3n) is 5.31. The monoisotopic (exact) mass is 481 g/mol. The number of pyridine rings is 1. The minimum absolute atomic E-state index is 0.171. The van der Waals surface area contributed by atoms with Crippen LogP contribution in [0, 0.1) is 6.57 Å². The fourth-order valence-electron chi connectivity index (χ4n) is 3.71. The number of carbonyl (C=O) groups excluding carboxylic acids is 3. The van der Waals surface area contributed by atoms with Crippen LogP contribution in [0.1, 0.15) is 50.4 Å². The van der Waals surface area contributed by atoms with E-state index in [1.54, 1.807) is 45.0 Å². The molecule has 0 saturated carbocycles. The van der Waals surface area contributed by atoms with Crippen molar-refractivity contribution in [2.45, 2.75) is 51.8 Å². The Morgan fingerprint density at radius 3 is 2.77 bits per heavy atom. The third-order valence-corrected chi connectivity index (χ3v) is 5.31. The van der Waals surface area contributed by atoms with E-state index in [1.165, 1.54) is 11.1 Å². The fourth-order valence-corrected chi connectivity index (χ4v) is 3.71. The first-order valence-electron chi connectivity index (χ1n) is 11.6. The Morgan fingerprint density at radius 1 is 1.23 bits per heavy atom. The molecule has 1 aliphatic rings. The molecule has 1 fully saturated rings. The number of aromatic nitrogens is 1. The van der Waals surface area contributed by atoms with Crippen molar-refractivity contribution in [1.29, 1.82) is 0 Å². The van der Waals surface area contributed by atoms with Gasteiger partial charge in [-0.15, -0.1) is 0 Å². The van der Waals surface area contributed by atoms with Crippen LogP contribution in [0.3, 0.4) is 0 Å². The maximum Gasteiger partial charge on any atom is 0.407 e. The molecule has 10 heteroatoms. The molecule has 10 nitrogen and oxygen atoms in total. The predicted molar refractivity (Wildman–Crippen MR) is 130 cm³/mol. The zero-order valence-corrected chi connectivity index (χ0v) is 20.3. The zero-order chi connectivity index (χ0) is 25.4. The summed E-state index contributed by atoms with van der Waals surface area (Å²) >= 11 is 0. The van der Waals surface area contributed by atoms with Gasteiger partial charge in [0.2, 0.25) is 5.91 Å². The van der Waals surface area contributed by atoms with Gasteiger partial charge in [-0.05, 0) is 57.9 Å². The van der Waals surface area contributed by atoms with Crippen molar-refractivity contribution in [3.8, 4) is 5.75 Å². The first-order valence-corrected chi connectivity index (χ1v) is 11.6. The summed E-state index contributed by atoms with van der Waals surface area (Å²) in [4.78, 5) is 46.3. The van der Waals surface area contributed by atoms with Crippen LogP contribution in [-0.2, 0) is 9.53 Å². The number of nitrogens with one attached hydrogen (secondary N) is 2. The van der Waals surface area contributed by atoms with E-state index in [0.717, 1.165) is 6.42 Å². The second kappa shape index (κ2) is 11.5. The van der Waals surface area contributed by atoms with Crippen molar-refractivity contribution in [1.82, 2.24) is 20.5 Å². The molecule has 2 aromatic rings. The summed E-state index contributed by atoms with van der Waals surface area (Å²) < 4.78 is 11.0. The van der Waals surface area contributed by atoms with Gasteiger partial charge >= 0.3 is 12.3 Å². The SMILES string of the molecule is [C-]#[N+]C1CCCN1C(=O)CNC(=O)c1ccnc2ccc(OCCCNC(=O)OC(C)(C)C)cc12. The molecule has 1 saturated heterocycles. The number of ether oxygens (including phenoxy) is 2. The molecule has 186 valence electrons. The third kappa shape index (κ3) is 7.30. The van der Waals surface area contributed by atoms with Crippen LogP contribution in [0.2, 0.25) is 0 Å². The summed E-state index contributed by atoms with van der Waals surface area (Å²) in [5.41, 5.74) is 0.448. The maximum atomic E-state index is 12.8.